The Bertz CT molecular complexity index is 53.0. The second kappa shape index (κ2) is 36.0. The van der Waals surface area contributed by atoms with Gasteiger partial charge in [-0.1, -0.05) is 59.3 Å². The van der Waals surface area contributed by atoms with Crippen molar-refractivity contribution in [1.82, 2.24) is 0 Å². The van der Waals surface area contributed by atoms with Crippen LogP contribution in [0.4, 0.5) is 0 Å². The third-order valence-corrected chi connectivity index (χ3v) is 1.49. The van der Waals surface area contributed by atoms with E-state index < -0.39 is 0 Å². The average Bonchev–Trinajstić information content (AvgIpc) is 2.23. The fraction of sp³-hybridized carbons (Fsp3) is 1.00. The second-order valence-corrected chi connectivity index (χ2v) is 3.17. The van der Waals surface area contributed by atoms with Gasteiger partial charge in [-0.2, -0.15) is 0 Å². The van der Waals surface area contributed by atoms with Crippen LogP contribution in [0.5, 0.6) is 0 Å². The third kappa shape index (κ3) is 61.1. The average molecular weight is 311 g/mol. The van der Waals surface area contributed by atoms with Crippen molar-refractivity contribution in [3.05, 3.63) is 0 Å². The van der Waals surface area contributed by atoms with Gasteiger partial charge in [0, 0.05) is 0 Å². The van der Waals surface area contributed by atoms with Crippen LogP contribution in [-0.2, 0) is 26.2 Å². The first-order chi connectivity index (χ1) is 7.24. The molecule has 16 heavy (non-hydrogen) atoms. The van der Waals surface area contributed by atoms with Crippen LogP contribution in [0.25, 0.3) is 0 Å². The molecular weight excluding hydrogens is 283 g/mol. The van der Waals surface area contributed by atoms with Crippen molar-refractivity contribution in [3.8, 4) is 0 Å². The van der Waals surface area contributed by atoms with Crippen LogP contribution in [0, 0.1) is 0 Å². The van der Waals surface area contributed by atoms with Gasteiger partial charge in [-0.05, 0) is 0 Å². The number of unbranched alkanes of at least 4 members (excludes halogenated alkanes) is 3. The molecule has 0 aliphatic carbocycles. The zero-order valence-electron chi connectivity index (χ0n) is 11.1. The van der Waals surface area contributed by atoms with Crippen molar-refractivity contribution in [2.75, 3.05) is 19.8 Å². The van der Waals surface area contributed by atoms with Crippen LogP contribution in [0.1, 0.15) is 59.3 Å². The minimum absolute atomic E-state index is 0. The number of hydrogen-bond donors (Lipinski definition) is 0. The van der Waals surface area contributed by atoms with Gasteiger partial charge >= 0.3 is 26.2 Å². The molecule has 0 N–H and O–H groups in total. The quantitative estimate of drug-likeness (QED) is 0.715. The van der Waals surface area contributed by atoms with Crippen LogP contribution in [0.15, 0.2) is 0 Å². The van der Waals surface area contributed by atoms with Gasteiger partial charge in [0.05, 0.1) is 0 Å². The van der Waals surface area contributed by atoms with Crippen LogP contribution < -0.4 is 15.3 Å². The fourth-order valence-corrected chi connectivity index (χ4v) is 0.433. The molecule has 0 saturated heterocycles. The molecule has 0 atom stereocenters. The van der Waals surface area contributed by atoms with Gasteiger partial charge in [0.2, 0.25) is 0 Å². The summed E-state index contributed by atoms with van der Waals surface area (Å²) in [4.78, 5) is 0. The predicted octanol–water partition coefficient (Wildman–Crippen LogP) is 0.438. The molecule has 97 valence electrons. The second-order valence-electron chi connectivity index (χ2n) is 3.17. The summed E-state index contributed by atoms with van der Waals surface area (Å²) < 4.78 is 0. The Hall–Kier alpha value is 0.763. The van der Waals surface area contributed by atoms with Gasteiger partial charge in [0.15, 0.2) is 0 Å². The fourth-order valence-electron chi connectivity index (χ4n) is 0.433. The molecule has 0 amide bonds. The van der Waals surface area contributed by atoms with Gasteiger partial charge in [0.1, 0.15) is 0 Å². The monoisotopic (exact) mass is 309 g/mol. The van der Waals surface area contributed by atoms with E-state index in [0.717, 1.165) is 38.5 Å². The summed E-state index contributed by atoms with van der Waals surface area (Å²) in [6.07, 6.45) is 5.59. The van der Waals surface area contributed by atoms with Crippen LogP contribution in [-0.4, -0.2) is 19.8 Å². The maximum Gasteiger partial charge on any atom is 3.00 e. The van der Waals surface area contributed by atoms with E-state index >= 15 is 0 Å². The summed E-state index contributed by atoms with van der Waals surface area (Å²) in [6, 6.07) is 0. The molecule has 0 unspecified atom stereocenters. The topological polar surface area (TPSA) is 69.2 Å². The van der Waals surface area contributed by atoms with Crippen molar-refractivity contribution >= 4 is 0 Å². The zero-order chi connectivity index (χ0) is 12.4. The van der Waals surface area contributed by atoms with Crippen LogP contribution in [0.3, 0.4) is 0 Å². The normalized spacial score (nSPS) is 7.88. The van der Waals surface area contributed by atoms with E-state index in [1.165, 1.54) is 0 Å². The van der Waals surface area contributed by atoms with Crippen molar-refractivity contribution in [2.45, 2.75) is 59.3 Å². The maximum absolute atomic E-state index is 9.53. The molecular formula is C12H27O3Zr. The molecule has 0 rings (SSSR count). The smallest absolute Gasteiger partial charge is 0.854 e. The molecule has 0 aliphatic rings. The summed E-state index contributed by atoms with van der Waals surface area (Å²) in [5.74, 6) is 0. The van der Waals surface area contributed by atoms with Gasteiger partial charge in [-0.3, -0.25) is 0 Å². The molecule has 0 aliphatic heterocycles. The largest absolute Gasteiger partial charge is 3.00 e. The summed E-state index contributed by atoms with van der Waals surface area (Å²) in [5.41, 5.74) is 0. The van der Waals surface area contributed by atoms with Crippen molar-refractivity contribution in [3.63, 3.8) is 0 Å². The predicted molar refractivity (Wildman–Crippen MR) is 59.3 cm³/mol. The molecule has 4 heteroatoms. The van der Waals surface area contributed by atoms with Crippen molar-refractivity contribution in [1.29, 1.82) is 0 Å². The van der Waals surface area contributed by atoms with E-state index in [2.05, 4.69) is 0 Å². The minimum Gasteiger partial charge on any atom is -0.854 e. The molecule has 0 aromatic heterocycles. The zero-order valence-corrected chi connectivity index (χ0v) is 13.5. The Morgan fingerprint density at radius 1 is 0.562 bits per heavy atom. The molecule has 0 spiro atoms. The maximum atomic E-state index is 9.53. The Balaban J connectivity index is -0.0000000655. The molecule has 0 aromatic carbocycles. The Kier molecular flexibility index (Phi) is 57.6. The third-order valence-electron chi connectivity index (χ3n) is 1.49. The molecule has 0 bridgehead atoms. The molecule has 0 fully saturated rings. The standard InChI is InChI=1S/3C4H9O.Zr/c3*1-2-3-4-5;/h3*2-4H2,1H3;/q3*-1;+3. The molecule has 0 saturated carbocycles. The van der Waals surface area contributed by atoms with Gasteiger partial charge < -0.3 is 15.3 Å². The van der Waals surface area contributed by atoms with E-state index in [1.807, 2.05) is 20.8 Å². The first-order valence-electron chi connectivity index (χ1n) is 5.99. The van der Waals surface area contributed by atoms with E-state index in [9.17, 15) is 15.3 Å². The summed E-state index contributed by atoms with van der Waals surface area (Å²) >= 11 is 0. The Morgan fingerprint density at radius 3 is 0.750 bits per heavy atom. The van der Waals surface area contributed by atoms with Crippen LogP contribution in [0.2, 0.25) is 0 Å². The first kappa shape index (κ1) is 25.6. The minimum atomic E-state index is 0. The molecule has 0 heterocycles. The first-order valence-corrected chi connectivity index (χ1v) is 5.99. The molecule has 0 aromatic rings. The van der Waals surface area contributed by atoms with E-state index in [4.69, 9.17) is 0 Å². The molecule has 1 radical (unpaired) electrons. The SMILES string of the molecule is CCCC[O-].CCCC[O-].CCCC[O-].[Zr+3]. The van der Waals surface area contributed by atoms with E-state index in [1.54, 1.807) is 0 Å². The van der Waals surface area contributed by atoms with Gasteiger partial charge in [0.25, 0.3) is 0 Å². The van der Waals surface area contributed by atoms with Crippen molar-refractivity contribution < 1.29 is 41.5 Å². The van der Waals surface area contributed by atoms with E-state index in [-0.39, 0.29) is 46.0 Å². The van der Waals surface area contributed by atoms with Gasteiger partial charge in [-0.25, -0.2) is 0 Å². The van der Waals surface area contributed by atoms with Crippen molar-refractivity contribution in [2.24, 2.45) is 0 Å². The Morgan fingerprint density at radius 2 is 0.750 bits per heavy atom. The molecule has 3 nitrogen and oxygen atoms in total. The van der Waals surface area contributed by atoms with Crippen LogP contribution >= 0.6 is 0 Å². The summed E-state index contributed by atoms with van der Waals surface area (Å²) in [5, 5.41) is 28.6. The summed E-state index contributed by atoms with van der Waals surface area (Å²) in [7, 11) is 0. The van der Waals surface area contributed by atoms with Gasteiger partial charge in [-0.15, -0.1) is 19.8 Å². The number of rotatable bonds is 6. The number of hydrogen-bond acceptors (Lipinski definition) is 3. The Labute approximate surface area is 120 Å². The van der Waals surface area contributed by atoms with E-state index in [0.29, 0.717) is 0 Å². The summed E-state index contributed by atoms with van der Waals surface area (Å²) in [6.45, 7) is 6.32.